The van der Waals surface area contributed by atoms with E-state index in [-0.39, 0.29) is 6.04 Å². The lowest BCUT2D eigenvalue weighted by Gasteiger charge is -2.21. The van der Waals surface area contributed by atoms with Gasteiger partial charge in [0.2, 0.25) is 0 Å². The van der Waals surface area contributed by atoms with Crippen LogP contribution >= 0.6 is 0 Å². The van der Waals surface area contributed by atoms with Crippen LogP contribution in [0.1, 0.15) is 31.4 Å². The normalized spacial score (nSPS) is 13.1. The topological polar surface area (TPSA) is 29.3 Å². The van der Waals surface area contributed by atoms with E-state index < -0.39 is 0 Å². The molecule has 2 rings (SSSR count). The molecule has 0 saturated heterocycles. The Morgan fingerprint density at radius 2 is 1.84 bits per heavy atom. The van der Waals surface area contributed by atoms with Crippen molar-refractivity contribution in [3.63, 3.8) is 0 Å². The van der Waals surface area contributed by atoms with Crippen LogP contribution in [0.5, 0.6) is 0 Å². The second kappa shape index (κ2) is 6.69. The second-order valence-corrected chi connectivity index (χ2v) is 5.33. The van der Waals surface area contributed by atoms with E-state index in [1.165, 1.54) is 29.2 Å². The fraction of sp³-hybridized carbons (Fsp3) is 0.412. The maximum atomic E-state index is 6.32. The minimum Gasteiger partial charge on any atom is -0.323 e. The first-order valence-corrected chi connectivity index (χ1v) is 7.13. The van der Waals surface area contributed by atoms with Gasteiger partial charge in [-0.05, 0) is 42.4 Å². The van der Waals surface area contributed by atoms with Crippen molar-refractivity contribution < 1.29 is 0 Å². The summed E-state index contributed by atoms with van der Waals surface area (Å²) in [5.41, 5.74) is 7.54. The first-order valence-electron chi connectivity index (χ1n) is 7.13. The summed E-state index contributed by atoms with van der Waals surface area (Å²) < 4.78 is 0. The third-order valence-electron chi connectivity index (χ3n) is 3.60. The summed E-state index contributed by atoms with van der Waals surface area (Å²) in [6.07, 6.45) is 2.47. The van der Waals surface area contributed by atoms with Crippen LogP contribution in [0.3, 0.4) is 0 Å². The second-order valence-electron chi connectivity index (χ2n) is 5.33. The van der Waals surface area contributed by atoms with Gasteiger partial charge in [-0.2, -0.15) is 0 Å². The third-order valence-corrected chi connectivity index (χ3v) is 3.60. The molecule has 102 valence electrons. The molecule has 0 saturated carbocycles. The molecule has 19 heavy (non-hydrogen) atoms. The highest BCUT2D eigenvalue weighted by molar-refractivity contribution is 5.83. The number of nitrogens with two attached hydrogens (primary N) is 1. The molecule has 2 nitrogen and oxygen atoms in total. The molecule has 0 aliphatic rings. The molecular formula is C17H24N2. The van der Waals surface area contributed by atoms with Crippen molar-refractivity contribution in [2.45, 2.75) is 25.8 Å². The Bertz CT molecular complexity index is 521. The molecular weight excluding hydrogens is 232 g/mol. The van der Waals surface area contributed by atoms with Crippen molar-refractivity contribution in [1.82, 2.24) is 4.90 Å². The number of fused-ring (bicyclic) bond motifs is 1. The fourth-order valence-corrected chi connectivity index (χ4v) is 2.40. The predicted molar refractivity (Wildman–Crippen MR) is 83.3 cm³/mol. The van der Waals surface area contributed by atoms with E-state index in [9.17, 15) is 0 Å². The van der Waals surface area contributed by atoms with Gasteiger partial charge >= 0.3 is 0 Å². The lowest BCUT2D eigenvalue weighted by Crippen LogP contribution is -2.29. The number of unbranched alkanes of at least 4 members (excludes halogenated alkanes) is 1. The molecule has 2 aromatic carbocycles. The summed E-state index contributed by atoms with van der Waals surface area (Å²) in [7, 11) is 2.15. The zero-order valence-corrected chi connectivity index (χ0v) is 12.0. The van der Waals surface area contributed by atoms with Gasteiger partial charge in [-0.25, -0.2) is 0 Å². The fourth-order valence-electron chi connectivity index (χ4n) is 2.40. The number of likely N-dealkylation sites (N-methyl/N-ethyl adjacent to an activating group) is 1. The van der Waals surface area contributed by atoms with Crippen molar-refractivity contribution in [1.29, 1.82) is 0 Å². The van der Waals surface area contributed by atoms with Gasteiger partial charge in [0.1, 0.15) is 0 Å². The van der Waals surface area contributed by atoms with Gasteiger partial charge < -0.3 is 10.6 Å². The van der Waals surface area contributed by atoms with Crippen molar-refractivity contribution in [2.24, 2.45) is 5.73 Å². The van der Waals surface area contributed by atoms with Crippen LogP contribution in [0, 0.1) is 0 Å². The number of rotatable bonds is 6. The molecule has 0 aliphatic heterocycles. The van der Waals surface area contributed by atoms with E-state index in [2.05, 4.69) is 61.3 Å². The van der Waals surface area contributed by atoms with E-state index in [0.29, 0.717) is 0 Å². The number of benzene rings is 2. The maximum Gasteiger partial charge on any atom is 0.0424 e. The Morgan fingerprint density at radius 1 is 1.11 bits per heavy atom. The summed E-state index contributed by atoms with van der Waals surface area (Å²) in [6.45, 7) is 4.26. The standard InChI is InChI=1S/C17H24N2/c1-3-4-11-19(2)13-17(18)16-10-9-14-7-5-6-8-15(14)12-16/h5-10,12,17H,3-4,11,13,18H2,1-2H3. The summed E-state index contributed by atoms with van der Waals surface area (Å²) in [4.78, 5) is 2.32. The Hall–Kier alpha value is -1.38. The van der Waals surface area contributed by atoms with E-state index in [4.69, 9.17) is 5.73 Å². The van der Waals surface area contributed by atoms with Gasteiger partial charge in [-0.1, -0.05) is 49.7 Å². The predicted octanol–water partition coefficient (Wildman–Crippen LogP) is 3.57. The van der Waals surface area contributed by atoms with Gasteiger partial charge in [0.25, 0.3) is 0 Å². The molecule has 2 heteroatoms. The minimum atomic E-state index is 0.0893. The molecule has 0 aromatic heterocycles. The monoisotopic (exact) mass is 256 g/mol. The SMILES string of the molecule is CCCCN(C)CC(N)c1ccc2ccccc2c1. The average Bonchev–Trinajstić information content (AvgIpc) is 2.44. The first-order chi connectivity index (χ1) is 9.20. The van der Waals surface area contributed by atoms with Crippen LogP contribution in [-0.2, 0) is 0 Å². The molecule has 0 spiro atoms. The Kier molecular flexibility index (Phi) is 4.94. The summed E-state index contributed by atoms with van der Waals surface area (Å²) in [5.74, 6) is 0. The minimum absolute atomic E-state index is 0.0893. The first kappa shape index (κ1) is 14.0. The molecule has 0 radical (unpaired) electrons. The van der Waals surface area contributed by atoms with Crippen molar-refractivity contribution in [2.75, 3.05) is 20.1 Å². The highest BCUT2D eigenvalue weighted by Crippen LogP contribution is 2.19. The van der Waals surface area contributed by atoms with Gasteiger partial charge in [0, 0.05) is 12.6 Å². The molecule has 2 N–H and O–H groups in total. The molecule has 0 fully saturated rings. The smallest absolute Gasteiger partial charge is 0.0424 e. The van der Waals surface area contributed by atoms with Gasteiger partial charge in [0.15, 0.2) is 0 Å². The molecule has 0 heterocycles. The molecule has 0 amide bonds. The lowest BCUT2D eigenvalue weighted by molar-refractivity contribution is 0.307. The number of hydrogen-bond acceptors (Lipinski definition) is 2. The number of nitrogens with zero attached hydrogens (tertiary/aromatic N) is 1. The van der Waals surface area contributed by atoms with Crippen molar-refractivity contribution in [3.8, 4) is 0 Å². The molecule has 1 atom stereocenters. The quantitative estimate of drug-likeness (QED) is 0.856. The van der Waals surface area contributed by atoms with Crippen LogP contribution < -0.4 is 5.73 Å². The van der Waals surface area contributed by atoms with Crippen LogP contribution in [0.15, 0.2) is 42.5 Å². The van der Waals surface area contributed by atoms with Crippen LogP contribution in [0.4, 0.5) is 0 Å². The van der Waals surface area contributed by atoms with E-state index >= 15 is 0 Å². The Morgan fingerprint density at radius 3 is 2.58 bits per heavy atom. The Balaban J connectivity index is 2.06. The van der Waals surface area contributed by atoms with E-state index in [1.54, 1.807) is 0 Å². The lowest BCUT2D eigenvalue weighted by atomic mass is 10.0. The summed E-state index contributed by atoms with van der Waals surface area (Å²) in [6, 6.07) is 15.0. The zero-order valence-electron chi connectivity index (χ0n) is 12.0. The molecule has 2 aromatic rings. The highest BCUT2D eigenvalue weighted by atomic mass is 15.1. The third kappa shape index (κ3) is 3.79. The van der Waals surface area contributed by atoms with Gasteiger partial charge in [0.05, 0.1) is 0 Å². The number of hydrogen-bond donors (Lipinski definition) is 1. The Labute approximate surface area is 116 Å². The largest absolute Gasteiger partial charge is 0.323 e. The van der Waals surface area contributed by atoms with Crippen LogP contribution in [0.2, 0.25) is 0 Å². The summed E-state index contributed by atoms with van der Waals surface area (Å²) >= 11 is 0. The van der Waals surface area contributed by atoms with Gasteiger partial charge in [-0.3, -0.25) is 0 Å². The zero-order chi connectivity index (χ0) is 13.7. The molecule has 0 bridgehead atoms. The van der Waals surface area contributed by atoms with E-state index in [1.807, 2.05) is 0 Å². The average molecular weight is 256 g/mol. The van der Waals surface area contributed by atoms with Gasteiger partial charge in [-0.15, -0.1) is 0 Å². The molecule has 0 aliphatic carbocycles. The highest BCUT2D eigenvalue weighted by Gasteiger charge is 2.09. The maximum absolute atomic E-state index is 6.32. The van der Waals surface area contributed by atoms with E-state index in [0.717, 1.165) is 13.1 Å². The van der Waals surface area contributed by atoms with Crippen molar-refractivity contribution >= 4 is 10.8 Å². The van der Waals surface area contributed by atoms with Crippen molar-refractivity contribution in [3.05, 3.63) is 48.0 Å². The molecule has 1 unspecified atom stereocenters. The van der Waals surface area contributed by atoms with Crippen LogP contribution in [0.25, 0.3) is 10.8 Å². The summed E-state index contributed by atoms with van der Waals surface area (Å²) in [5, 5.41) is 2.55. The van der Waals surface area contributed by atoms with Crippen LogP contribution in [-0.4, -0.2) is 25.0 Å².